The van der Waals surface area contributed by atoms with Gasteiger partial charge in [-0.2, -0.15) is 5.26 Å². The Kier molecular flexibility index (Phi) is 5.43. The zero-order chi connectivity index (χ0) is 18.5. The third-order valence-corrected chi connectivity index (χ3v) is 4.42. The van der Waals surface area contributed by atoms with Crippen molar-refractivity contribution in [1.29, 1.82) is 5.26 Å². The molecule has 1 fully saturated rings. The highest BCUT2D eigenvalue weighted by Gasteiger charge is 2.25. The second-order valence-corrected chi connectivity index (χ2v) is 6.21. The van der Waals surface area contributed by atoms with Crippen LogP contribution < -0.4 is 16.0 Å². The minimum atomic E-state index is -0.346. The SMILES string of the molecule is CCn1c(C(=O)NCc2ncccc2C#N)nnc1N1CCCC(N)C1. The highest BCUT2D eigenvalue weighted by Crippen LogP contribution is 2.18. The second kappa shape index (κ2) is 7.93. The quantitative estimate of drug-likeness (QED) is 0.797. The molecule has 1 aliphatic heterocycles. The summed E-state index contributed by atoms with van der Waals surface area (Å²) in [5.74, 6) is 0.570. The zero-order valence-corrected chi connectivity index (χ0v) is 14.7. The smallest absolute Gasteiger partial charge is 0.289 e. The van der Waals surface area contributed by atoms with E-state index in [0.29, 0.717) is 30.3 Å². The third-order valence-electron chi connectivity index (χ3n) is 4.42. The molecule has 2 aromatic rings. The molecule has 1 atom stereocenters. The average molecular weight is 354 g/mol. The van der Waals surface area contributed by atoms with Gasteiger partial charge in [-0.3, -0.25) is 14.3 Å². The summed E-state index contributed by atoms with van der Waals surface area (Å²) in [6, 6.07) is 5.53. The highest BCUT2D eigenvalue weighted by molar-refractivity contribution is 5.91. The number of nitrogens with zero attached hydrogens (tertiary/aromatic N) is 6. The molecule has 0 radical (unpaired) electrons. The zero-order valence-electron chi connectivity index (χ0n) is 14.7. The number of piperidine rings is 1. The van der Waals surface area contributed by atoms with E-state index in [1.807, 2.05) is 6.92 Å². The summed E-state index contributed by atoms with van der Waals surface area (Å²) in [4.78, 5) is 18.8. The van der Waals surface area contributed by atoms with E-state index in [9.17, 15) is 4.79 Å². The average Bonchev–Trinajstić information content (AvgIpc) is 3.10. The van der Waals surface area contributed by atoms with E-state index in [-0.39, 0.29) is 24.3 Å². The van der Waals surface area contributed by atoms with Crippen molar-refractivity contribution in [2.45, 2.75) is 38.9 Å². The Bertz CT molecular complexity index is 824. The van der Waals surface area contributed by atoms with Crippen LogP contribution in [-0.2, 0) is 13.1 Å². The Hall–Kier alpha value is -2.99. The first kappa shape index (κ1) is 17.8. The van der Waals surface area contributed by atoms with Crippen molar-refractivity contribution in [3.8, 4) is 6.07 Å². The van der Waals surface area contributed by atoms with Gasteiger partial charge in [0.25, 0.3) is 5.91 Å². The lowest BCUT2D eigenvalue weighted by Crippen LogP contribution is -2.44. The van der Waals surface area contributed by atoms with Crippen molar-refractivity contribution >= 4 is 11.9 Å². The molecule has 1 aliphatic rings. The van der Waals surface area contributed by atoms with E-state index in [4.69, 9.17) is 11.0 Å². The number of carbonyl (C=O) groups is 1. The maximum Gasteiger partial charge on any atom is 0.289 e. The number of nitrogens with two attached hydrogens (primary N) is 1. The van der Waals surface area contributed by atoms with Crippen molar-refractivity contribution in [2.24, 2.45) is 5.73 Å². The van der Waals surface area contributed by atoms with Gasteiger partial charge in [0.1, 0.15) is 6.07 Å². The summed E-state index contributed by atoms with van der Waals surface area (Å²) in [6.07, 6.45) is 3.58. The van der Waals surface area contributed by atoms with E-state index < -0.39 is 0 Å². The third kappa shape index (κ3) is 3.65. The van der Waals surface area contributed by atoms with Gasteiger partial charge in [-0.1, -0.05) is 0 Å². The minimum Gasteiger partial charge on any atom is -0.344 e. The molecule has 0 saturated carbocycles. The number of nitrogens with one attached hydrogen (secondary N) is 1. The van der Waals surface area contributed by atoms with Gasteiger partial charge in [0, 0.05) is 31.9 Å². The molecule has 3 N–H and O–H groups in total. The molecule has 1 saturated heterocycles. The summed E-state index contributed by atoms with van der Waals surface area (Å²) in [5, 5.41) is 20.2. The highest BCUT2D eigenvalue weighted by atomic mass is 16.2. The summed E-state index contributed by atoms with van der Waals surface area (Å²) in [6.45, 7) is 4.24. The Labute approximate surface area is 151 Å². The molecule has 0 aliphatic carbocycles. The van der Waals surface area contributed by atoms with Crippen molar-refractivity contribution in [1.82, 2.24) is 25.1 Å². The van der Waals surface area contributed by atoms with E-state index in [1.54, 1.807) is 22.9 Å². The maximum absolute atomic E-state index is 12.6. The number of carbonyl (C=O) groups excluding carboxylic acids is 1. The lowest BCUT2D eigenvalue weighted by Gasteiger charge is -2.31. The predicted octanol–water partition coefficient (Wildman–Crippen LogP) is 0.422. The fraction of sp³-hybridized carbons (Fsp3) is 0.471. The van der Waals surface area contributed by atoms with Crippen LogP contribution in [0.1, 0.15) is 41.6 Å². The van der Waals surface area contributed by atoms with Crippen LogP contribution in [-0.4, -0.2) is 44.8 Å². The Morgan fingerprint density at radius 3 is 3.08 bits per heavy atom. The Morgan fingerprint density at radius 1 is 1.50 bits per heavy atom. The Balaban J connectivity index is 1.74. The molecule has 1 amide bonds. The van der Waals surface area contributed by atoms with Gasteiger partial charge in [-0.15, -0.1) is 10.2 Å². The van der Waals surface area contributed by atoms with Gasteiger partial charge < -0.3 is 16.0 Å². The topological polar surface area (TPSA) is 126 Å². The summed E-state index contributed by atoms with van der Waals surface area (Å²) in [5.41, 5.74) is 7.01. The van der Waals surface area contributed by atoms with E-state index in [1.165, 1.54) is 0 Å². The maximum atomic E-state index is 12.6. The van der Waals surface area contributed by atoms with Gasteiger partial charge in [0.05, 0.1) is 17.8 Å². The number of rotatable bonds is 5. The minimum absolute atomic E-state index is 0.108. The molecule has 0 bridgehead atoms. The van der Waals surface area contributed by atoms with Crippen LogP contribution in [0.2, 0.25) is 0 Å². The van der Waals surface area contributed by atoms with Crippen LogP contribution in [0.15, 0.2) is 18.3 Å². The summed E-state index contributed by atoms with van der Waals surface area (Å²) >= 11 is 0. The molecule has 26 heavy (non-hydrogen) atoms. The lowest BCUT2D eigenvalue weighted by molar-refractivity contribution is 0.0935. The van der Waals surface area contributed by atoms with Crippen molar-refractivity contribution < 1.29 is 4.79 Å². The molecule has 9 nitrogen and oxygen atoms in total. The molecular formula is C17H22N8O. The number of hydrogen-bond acceptors (Lipinski definition) is 7. The molecular weight excluding hydrogens is 332 g/mol. The normalized spacial score (nSPS) is 17.0. The molecule has 3 heterocycles. The summed E-state index contributed by atoms with van der Waals surface area (Å²) < 4.78 is 1.79. The van der Waals surface area contributed by atoms with Crippen molar-refractivity contribution in [3.63, 3.8) is 0 Å². The number of aromatic nitrogens is 4. The predicted molar refractivity (Wildman–Crippen MR) is 95.2 cm³/mol. The first-order valence-corrected chi connectivity index (χ1v) is 8.70. The fourth-order valence-corrected chi connectivity index (χ4v) is 3.10. The van der Waals surface area contributed by atoms with Gasteiger partial charge in [0.2, 0.25) is 11.8 Å². The molecule has 3 rings (SSSR count). The van der Waals surface area contributed by atoms with Crippen LogP contribution in [0.25, 0.3) is 0 Å². The Morgan fingerprint density at radius 2 is 2.35 bits per heavy atom. The monoisotopic (exact) mass is 354 g/mol. The van der Waals surface area contributed by atoms with Gasteiger partial charge in [-0.05, 0) is 31.9 Å². The van der Waals surface area contributed by atoms with Crippen LogP contribution in [0.5, 0.6) is 0 Å². The van der Waals surface area contributed by atoms with E-state index in [0.717, 1.165) is 19.4 Å². The lowest BCUT2D eigenvalue weighted by atomic mass is 10.1. The molecule has 136 valence electrons. The van der Waals surface area contributed by atoms with Gasteiger partial charge in [0.15, 0.2) is 0 Å². The van der Waals surface area contributed by atoms with Crippen molar-refractivity contribution in [2.75, 3.05) is 18.0 Å². The van der Waals surface area contributed by atoms with Crippen molar-refractivity contribution in [3.05, 3.63) is 35.4 Å². The molecule has 2 aromatic heterocycles. The summed E-state index contributed by atoms with van der Waals surface area (Å²) in [7, 11) is 0. The van der Waals surface area contributed by atoms with E-state index in [2.05, 4.69) is 31.5 Å². The molecule has 0 aromatic carbocycles. The van der Waals surface area contributed by atoms with Crippen LogP contribution in [0.4, 0.5) is 5.95 Å². The van der Waals surface area contributed by atoms with Gasteiger partial charge >= 0.3 is 0 Å². The van der Waals surface area contributed by atoms with Crippen LogP contribution in [0.3, 0.4) is 0 Å². The number of hydrogen-bond donors (Lipinski definition) is 2. The molecule has 0 spiro atoms. The number of amides is 1. The standard InChI is InChI=1S/C17H22N8O/c1-2-25-15(22-23-17(25)24-8-4-6-13(19)11-24)16(26)21-10-14-12(9-18)5-3-7-20-14/h3,5,7,13H,2,4,6,8,10-11,19H2,1H3,(H,21,26). The molecule has 9 heteroatoms. The second-order valence-electron chi connectivity index (χ2n) is 6.21. The van der Waals surface area contributed by atoms with E-state index >= 15 is 0 Å². The van der Waals surface area contributed by atoms with Crippen LogP contribution in [0, 0.1) is 11.3 Å². The first-order valence-electron chi connectivity index (χ1n) is 8.70. The number of anilines is 1. The fourth-order valence-electron chi connectivity index (χ4n) is 3.10. The number of pyridine rings is 1. The van der Waals surface area contributed by atoms with Gasteiger partial charge in [-0.25, -0.2) is 0 Å². The molecule has 1 unspecified atom stereocenters. The number of nitriles is 1. The first-order chi connectivity index (χ1) is 12.6. The largest absolute Gasteiger partial charge is 0.344 e. The van der Waals surface area contributed by atoms with Crippen LogP contribution >= 0.6 is 0 Å².